The maximum Gasteiger partial charge on any atom is 0.136 e. The van der Waals surface area contributed by atoms with Crippen LogP contribution in [0.2, 0.25) is 0 Å². The van der Waals surface area contributed by atoms with Crippen molar-refractivity contribution in [3.63, 3.8) is 0 Å². The van der Waals surface area contributed by atoms with Crippen LogP contribution in [0.3, 0.4) is 0 Å². The minimum absolute atomic E-state index is 0.0527. The van der Waals surface area contributed by atoms with Crippen LogP contribution in [-0.2, 0) is 4.74 Å². The summed E-state index contributed by atoms with van der Waals surface area (Å²) in [5.41, 5.74) is 1.41. The molecule has 1 atom stereocenters. The van der Waals surface area contributed by atoms with Gasteiger partial charge in [-0.25, -0.2) is 0 Å². The average Bonchev–Trinajstić information content (AvgIpc) is 2.50. The van der Waals surface area contributed by atoms with E-state index in [2.05, 4.69) is 22.9 Å². The Kier molecular flexibility index (Phi) is 2.54. The fourth-order valence-corrected chi connectivity index (χ4v) is 3.90. The van der Waals surface area contributed by atoms with Crippen molar-refractivity contribution < 1.29 is 4.74 Å². The topological polar surface area (TPSA) is 9.23 Å². The maximum absolute atomic E-state index is 5.84. The minimum Gasteiger partial charge on any atom is -0.359 e. The van der Waals surface area contributed by atoms with E-state index in [0.717, 1.165) is 12.4 Å². The Morgan fingerprint density at radius 3 is 3.08 bits per heavy atom. The predicted octanol–water partition coefficient (Wildman–Crippen LogP) is 3.30. The fourth-order valence-electron chi connectivity index (χ4n) is 1.87. The van der Waals surface area contributed by atoms with Crippen LogP contribution in [0.4, 0.5) is 0 Å². The van der Waals surface area contributed by atoms with Crippen LogP contribution in [0.1, 0.15) is 26.2 Å². The third kappa shape index (κ3) is 1.36. The zero-order valence-corrected chi connectivity index (χ0v) is 9.63. The predicted molar refractivity (Wildman–Crippen MR) is 56.6 cm³/mol. The number of thioether (sulfide) groups is 1. The van der Waals surface area contributed by atoms with Gasteiger partial charge in [-0.2, -0.15) is 0 Å². The zero-order valence-electron chi connectivity index (χ0n) is 7.23. The average molecular weight is 249 g/mol. The Bertz CT molecular complexity index is 219. The maximum atomic E-state index is 5.84. The zero-order chi connectivity index (χ0) is 8.60. The summed E-state index contributed by atoms with van der Waals surface area (Å²) in [6.45, 7) is 3.11. The minimum atomic E-state index is 0.0527. The van der Waals surface area contributed by atoms with E-state index < -0.39 is 0 Å². The number of ether oxygens (including phenoxy) is 1. The van der Waals surface area contributed by atoms with E-state index in [1.807, 2.05) is 11.8 Å². The van der Waals surface area contributed by atoms with Crippen LogP contribution in [0.5, 0.6) is 0 Å². The quantitative estimate of drug-likeness (QED) is 0.651. The highest BCUT2D eigenvalue weighted by Crippen LogP contribution is 2.48. The lowest BCUT2D eigenvalue weighted by Crippen LogP contribution is -2.28. The van der Waals surface area contributed by atoms with E-state index >= 15 is 0 Å². The monoisotopic (exact) mass is 248 g/mol. The van der Waals surface area contributed by atoms with E-state index in [0.29, 0.717) is 0 Å². The lowest BCUT2D eigenvalue weighted by molar-refractivity contribution is 0.0669. The summed E-state index contributed by atoms with van der Waals surface area (Å²) < 4.78 is 7.20. The molecule has 0 N–H and O–H groups in total. The molecular formula is C9H13BrOS. The van der Waals surface area contributed by atoms with Gasteiger partial charge in [0.15, 0.2) is 0 Å². The molecule has 2 rings (SSSR count). The molecule has 3 heteroatoms. The van der Waals surface area contributed by atoms with Gasteiger partial charge < -0.3 is 4.74 Å². The number of rotatable bonds is 0. The lowest BCUT2D eigenvalue weighted by Gasteiger charge is -2.33. The summed E-state index contributed by atoms with van der Waals surface area (Å²) in [6, 6.07) is 0. The highest BCUT2D eigenvalue weighted by Gasteiger charge is 2.40. The smallest absolute Gasteiger partial charge is 0.136 e. The summed E-state index contributed by atoms with van der Waals surface area (Å²) in [5.74, 6) is 1.15. The van der Waals surface area contributed by atoms with Crippen LogP contribution in [0, 0.1) is 0 Å². The molecule has 1 fully saturated rings. The van der Waals surface area contributed by atoms with E-state index in [-0.39, 0.29) is 4.93 Å². The van der Waals surface area contributed by atoms with Gasteiger partial charge in [0.2, 0.25) is 0 Å². The van der Waals surface area contributed by atoms with Gasteiger partial charge in [-0.05, 0) is 36.2 Å². The molecule has 1 nitrogen and oxygen atoms in total. The Morgan fingerprint density at radius 2 is 2.42 bits per heavy atom. The van der Waals surface area contributed by atoms with Crippen LogP contribution in [0.15, 0.2) is 10.1 Å². The largest absolute Gasteiger partial charge is 0.359 e. The van der Waals surface area contributed by atoms with Crippen LogP contribution in [-0.4, -0.2) is 17.3 Å². The molecule has 0 bridgehead atoms. The lowest BCUT2D eigenvalue weighted by atomic mass is 9.97. The van der Waals surface area contributed by atoms with Gasteiger partial charge in [0.25, 0.3) is 0 Å². The van der Waals surface area contributed by atoms with Crippen LogP contribution in [0.25, 0.3) is 0 Å². The van der Waals surface area contributed by atoms with E-state index in [4.69, 9.17) is 4.74 Å². The fraction of sp³-hybridized carbons (Fsp3) is 0.778. The summed E-state index contributed by atoms with van der Waals surface area (Å²) in [7, 11) is 0. The van der Waals surface area contributed by atoms with Gasteiger partial charge in [0.1, 0.15) is 4.93 Å². The molecule has 0 saturated carbocycles. The Balaban J connectivity index is 2.29. The number of hydrogen-bond acceptors (Lipinski definition) is 2. The molecule has 68 valence electrons. The molecule has 1 saturated heterocycles. The van der Waals surface area contributed by atoms with Gasteiger partial charge in [0, 0.05) is 5.75 Å². The highest BCUT2D eigenvalue weighted by molar-refractivity contribution is 9.11. The first-order valence-corrected chi connectivity index (χ1v) is 6.16. The molecule has 0 amide bonds. The SMILES string of the molecule is CC1=C(Br)CCCC12OCCS2. The molecule has 1 aliphatic heterocycles. The molecule has 1 unspecified atom stereocenters. The van der Waals surface area contributed by atoms with Gasteiger partial charge in [-0.3, -0.25) is 0 Å². The first kappa shape index (κ1) is 9.10. The van der Waals surface area contributed by atoms with Crippen molar-refractivity contribution in [1.29, 1.82) is 0 Å². The van der Waals surface area contributed by atoms with Gasteiger partial charge in [-0.15, -0.1) is 11.8 Å². The second-order valence-electron chi connectivity index (χ2n) is 3.33. The third-order valence-electron chi connectivity index (χ3n) is 2.63. The number of allylic oxidation sites excluding steroid dienone is 1. The molecule has 2 aliphatic rings. The first-order chi connectivity index (χ1) is 5.75. The van der Waals surface area contributed by atoms with E-state index in [1.54, 1.807) is 0 Å². The molecule has 1 spiro atoms. The summed E-state index contributed by atoms with van der Waals surface area (Å²) in [6.07, 6.45) is 3.64. The van der Waals surface area contributed by atoms with Crippen molar-refractivity contribution in [3.05, 3.63) is 10.1 Å². The Morgan fingerprint density at radius 1 is 1.58 bits per heavy atom. The standard InChI is InChI=1S/C9H13BrOS/c1-7-8(10)3-2-4-9(7)11-5-6-12-9/h2-6H2,1H3. The van der Waals surface area contributed by atoms with Gasteiger partial charge in [-0.1, -0.05) is 15.9 Å². The Hall–Kier alpha value is 0.530. The van der Waals surface area contributed by atoms with Crippen LogP contribution < -0.4 is 0 Å². The van der Waals surface area contributed by atoms with Crippen molar-refractivity contribution >= 4 is 27.7 Å². The second-order valence-corrected chi connectivity index (χ2v) is 5.65. The summed E-state index contributed by atoms with van der Waals surface area (Å²) in [5, 5.41) is 0. The van der Waals surface area contributed by atoms with Gasteiger partial charge >= 0.3 is 0 Å². The van der Waals surface area contributed by atoms with Crippen molar-refractivity contribution in [2.24, 2.45) is 0 Å². The molecule has 0 aromatic carbocycles. The molecule has 1 heterocycles. The molecular weight excluding hydrogens is 236 g/mol. The summed E-state index contributed by atoms with van der Waals surface area (Å²) in [4.78, 5) is 0.0527. The van der Waals surface area contributed by atoms with E-state index in [9.17, 15) is 0 Å². The van der Waals surface area contributed by atoms with Crippen molar-refractivity contribution in [1.82, 2.24) is 0 Å². The van der Waals surface area contributed by atoms with Gasteiger partial charge in [0.05, 0.1) is 6.61 Å². The molecule has 0 aromatic rings. The molecule has 0 aromatic heterocycles. The van der Waals surface area contributed by atoms with Crippen LogP contribution >= 0.6 is 27.7 Å². The first-order valence-electron chi connectivity index (χ1n) is 4.38. The Labute approximate surface area is 86.1 Å². The number of hydrogen-bond donors (Lipinski definition) is 0. The summed E-state index contributed by atoms with van der Waals surface area (Å²) >= 11 is 5.59. The number of halogens is 1. The van der Waals surface area contributed by atoms with Crippen molar-refractivity contribution in [2.45, 2.75) is 31.1 Å². The van der Waals surface area contributed by atoms with Crippen molar-refractivity contribution in [2.75, 3.05) is 12.4 Å². The van der Waals surface area contributed by atoms with E-state index in [1.165, 1.54) is 29.3 Å². The normalized spacial score (nSPS) is 36.5. The second kappa shape index (κ2) is 3.35. The molecule has 1 aliphatic carbocycles. The highest BCUT2D eigenvalue weighted by atomic mass is 79.9. The molecule has 0 radical (unpaired) electrons. The molecule has 12 heavy (non-hydrogen) atoms. The third-order valence-corrected chi connectivity index (χ3v) is 5.09. The van der Waals surface area contributed by atoms with Crippen molar-refractivity contribution in [3.8, 4) is 0 Å².